The van der Waals surface area contributed by atoms with E-state index in [9.17, 15) is 9.59 Å². The summed E-state index contributed by atoms with van der Waals surface area (Å²) in [5.41, 5.74) is 3.87. The molecule has 132 valence electrons. The number of carbonyl (C=O) groups is 2. The molecule has 0 spiro atoms. The van der Waals surface area contributed by atoms with Gasteiger partial charge in [-0.1, -0.05) is 18.2 Å². The van der Waals surface area contributed by atoms with E-state index in [0.717, 1.165) is 22.4 Å². The Bertz CT molecular complexity index is 733. The molecule has 5 nitrogen and oxygen atoms in total. The van der Waals surface area contributed by atoms with Gasteiger partial charge in [-0.15, -0.1) is 0 Å². The first kappa shape index (κ1) is 18.5. The van der Waals surface area contributed by atoms with Crippen molar-refractivity contribution in [3.8, 4) is 5.75 Å². The first-order chi connectivity index (χ1) is 11.8. The lowest BCUT2D eigenvalue weighted by Crippen LogP contribution is -2.18. The summed E-state index contributed by atoms with van der Waals surface area (Å²) in [6.45, 7) is 5.69. The number of aliphatic carboxylic acids is 1. The molecule has 0 aliphatic carbocycles. The fourth-order valence-corrected chi connectivity index (χ4v) is 2.43. The SMILES string of the molecule is Cc1cc(C)cc(NC(=O)Cc2ccc(OCC(C)C(=O)O)cc2)c1. The van der Waals surface area contributed by atoms with Gasteiger partial charge in [-0.25, -0.2) is 0 Å². The van der Waals surface area contributed by atoms with E-state index in [1.54, 1.807) is 19.1 Å². The Hall–Kier alpha value is -2.82. The van der Waals surface area contributed by atoms with Gasteiger partial charge in [0.15, 0.2) is 0 Å². The smallest absolute Gasteiger partial charge is 0.309 e. The van der Waals surface area contributed by atoms with Crippen LogP contribution >= 0.6 is 0 Å². The summed E-state index contributed by atoms with van der Waals surface area (Å²) in [4.78, 5) is 22.9. The summed E-state index contributed by atoms with van der Waals surface area (Å²) in [6.07, 6.45) is 0.263. The lowest BCUT2D eigenvalue weighted by atomic mass is 10.1. The quantitative estimate of drug-likeness (QED) is 0.807. The molecule has 0 radical (unpaired) electrons. The van der Waals surface area contributed by atoms with Crippen molar-refractivity contribution in [1.29, 1.82) is 0 Å². The van der Waals surface area contributed by atoms with Gasteiger partial charge in [0.25, 0.3) is 0 Å². The summed E-state index contributed by atoms with van der Waals surface area (Å²) in [6, 6.07) is 13.0. The maximum Gasteiger partial charge on any atom is 0.309 e. The summed E-state index contributed by atoms with van der Waals surface area (Å²) >= 11 is 0. The number of ether oxygens (including phenoxy) is 1. The Kier molecular flexibility index (Phi) is 6.17. The largest absolute Gasteiger partial charge is 0.493 e. The Balaban J connectivity index is 1.89. The molecule has 0 saturated carbocycles. The van der Waals surface area contributed by atoms with E-state index in [4.69, 9.17) is 9.84 Å². The first-order valence-electron chi connectivity index (χ1n) is 8.16. The normalized spacial score (nSPS) is 11.6. The van der Waals surface area contributed by atoms with E-state index in [1.165, 1.54) is 0 Å². The Morgan fingerprint density at radius 2 is 1.68 bits per heavy atom. The van der Waals surface area contributed by atoms with Gasteiger partial charge in [0, 0.05) is 5.69 Å². The average Bonchev–Trinajstić information content (AvgIpc) is 2.52. The number of carboxylic acid groups (broad SMARTS) is 1. The number of anilines is 1. The Labute approximate surface area is 147 Å². The van der Waals surface area contributed by atoms with Crippen LogP contribution < -0.4 is 10.1 Å². The molecule has 0 aliphatic rings. The van der Waals surface area contributed by atoms with Crippen LogP contribution in [0.15, 0.2) is 42.5 Å². The van der Waals surface area contributed by atoms with Gasteiger partial charge < -0.3 is 15.2 Å². The third kappa shape index (κ3) is 5.95. The monoisotopic (exact) mass is 341 g/mol. The van der Waals surface area contributed by atoms with Gasteiger partial charge in [0.05, 0.1) is 12.3 Å². The Morgan fingerprint density at radius 3 is 2.24 bits per heavy atom. The van der Waals surface area contributed by atoms with Crippen molar-refractivity contribution in [2.24, 2.45) is 5.92 Å². The molecule has 2 aromatic carbocycles. The molecule has 25 heavy (non-hydrogen) atoms. The van der Waals surface area contributed by atoms with Crippen molar-refractivity contribution in [2.75, 3.05) is 11.9 Å². The molecule has 0 heterocycles. The van der Waals surface area contributed by atoms with Crippen LogP contribution in [-0.2, 0) is 16.0 Å². The summed E-state index contributed by atoms with van der Waals surface area (Å²) in [5, 5.41) is 11.7. The highest BCUT2D eigenvalue weighted by Crippen LogP contribution is 2.16. The van der Waals surface area contributed by atoms with Gasteiger partial charge in [-0.05, 0) is 61.7 Å². The maximum absolute atomic E-state index is 12.2. The topological polar surface area (TPSA) is 75.6 Å². The first-order valence-corrected chi connectivity index (χ1v) is 8.16. The van der Waals surface area contributed by atoms with Gasteiger partial charge >= 0.3 is 5.97 Å². The molecule has 1 amide bonds. The van der Waals surface area contributed by atoms with Gasteiger partial charge in [-0.2, -0.15) is 0 Å². The molecule has 0 fully saturated rings. The fourth-order valence-electron chi connectivity index (χ4n) is 2.43. The molecule has 0 saturated heterocycles. The van der Waals surface area contributed by atoms with Crippen LogP contribution in [-0.4, -0.2) is 23.6 Å². The van der Waals surface area contributed by atoms with Crippen LogP contribution in [0.25, 0.3) is 0 Å². The minimum absolute atomic E-state index is 0.0850. The molecule has 0 aromatic heterocycles. The van der Waals surface area contributed by atoms with Gasteiger partial charge in [-0.3, -0.25) is 9.59 Å². The van der Waals surface area contributed by atoms with Crippen molar-refractivity contribution in [3.05, 3.63) is 59.2 Å². The number of hydrogen-bond donors (Lipinski definition) is 2. The second-order valence-electron chi connectivity index (χ2n) is 6.30. The number of rotatable bonds is 7. The van der Waals surface area contributed by atoms with Crippen LogP contribution in [0.2, 0.25) is 0 Å². The third-order valence-electron chi connectivity index (χ3n) is 3.72. The molecule has 0 aliphatic heterocycles. The molecule has 2 N–H and O–H groups in total. The number of carbonyl (C=O) groups excluding carboxylic acids is 1. The van der Waals surface area contributed by atoms with E-state index in [0.29, 0.717) is 5.75 Å². The van der Waals surface area contributed by atoms with Crippen molar-refractivity contribution >= 4 is 17.6 Å². The van der Waals surface area contributed by atoms with E-state index in [2.05, 4.69) is 11.4 Å². The van der Waals surface area contributed by atoms with E-state index in [1.807, 2.05) is 38.1 Å². The summed E-state index contributed by atoms with van der Waals surface area (Å²) < 4.78 is 5.43. The molecule has 2 rings (SSSR count). The molecular formula is C20H23NO4. The lowest BCUT2D eigenvalue weighted by Gasteiger charge is -2.10. The number of amides is 1. The van der Waals surface area contributed by atoms with Crippen molar-refractivity contribution < 1.29 is 19.4 Å². The van der Waals surface area contributed by atoms with Crippen molar-refractivity contribution in [3.63, 3.8) is 0 Å². The highest BCUT2D eigenvalue weighted by molar-refractivity contribution is 5.92. The minimum Gasteiger partial charge on any atom is -0.493 e. The zero-order valence-electron chi connectivity index (χ0n) is 14.7. The zero-order chi connectivity index (χ0) is 18.4. The van der Waals surface area contributed by atoms with Crippen LogP contribution in [0.1, 0.15) is 23.6 Å². The second kappa shape index (κ2) is 8.33. The standard InChI is InChI=1S/C20H23NO4/c1-13-8-14(2)10-17(9-13)21-19(22)11-16-4-6-18(7-5-16)25-12-15(3)20(23)24/h4-10,15H,11-12H2,1-3H3,(H,21,22)(H,23,24). The van der Waals surface area contributed by atoms with Crippen LogP contribution in [0, 0.1) is 19.8 Å². The second-order valence-corrected chi connectivity index (χ2v) is 6.30. The van der Waals surface area contributed by atoms with E-state index >= 15 is 0 Å². The van der Waals surface area contributed by atoms with Gasteiger partial charge in [0.1, 0.15) is 12.4 Å². The summed E-state index contributed by atoms with van der Waals surface area (Å²) in [7, 11) is 0. The minimum atomic E-state index is -0.889. The predicted molar refractivity (Wildman–Crippen MR) is 97.0 cm³/mol. The zero-order valence-corrected chi connectivity index (χ0v) is 14.7. The number of benzene rings is 2. The highest BCUT2D eigenvalue weighted by Gasteiger charge is 2.11. The van der Waals surface area contributed by atoms with Gasteiger partial charge in [0.2, 0.25) is 5.91 Å². The maximum atomic E-state index is 12.2. The number of carboxylic acids is 1. The molecule has 5 heteroatoms. The lowest BCUT2D eigenvalue weighted by molar-refractivity contribution is -0.142. The molecule has 1 atom stereocenters. The third-order valence-corrected chi connectivity index (χ3v) is 3.72. The van der Waals surface area contributed by atoms with E-state index in [-0.39, 0.29) is 18.9 Å². The summed E-state index contributed by atoms with van der Waals surface area (Å²) in [5.74, 6) is -0.951. The number of hydrogen-bond acceptors (Lipinski definition) is 3. The average molecular weight is 341 g/mol. The Morgan fingerprint density at radius 1 is 1.08 bits per heavy atom. The van der Waals surface area contributed by atoms with Crippen LogP contribution in [0.5, 0.6) is 5.75 Å². The fraction of sp³-hybridized carbons (Fsp3) is 0.300. The van der Waals surface area contributed by atoms with Crippen LogP contribution in [0.4, 0.5) is 5.69 Å². The van der Waals surface area contributed by atoms with Crippen molar-refractivity contribution in [2.45, 2.75) is 27.2 Å². The van der Waals surface area contributed by atoms with E-state index < -0.39 is 11.9 Å². The number of aryl methyl sites for hydroxylation is 2. The highest BCUT2D eigenvalue weighted by atomic mass is 16.5. The molecule has 0 bridgehead atoms. The van der Waals surface area contributed by atoms with Crippen molar-refractivity contribution in [1.82, 2.24) is 0 Å². The van der Waals surface area contributed by atoms with Crippen LogP contribution in [0.3, 0.4) is 0 Å². The molecule has 2 aromatic rings. The number of nitrogens with one attached hydrogen (secondary N) is 1. The molecular weight excluding hydrogens is 318 g/mol. The molecule has 1 unspecified atom stereocenters. The predicted octanol–water partition coefficient (Wildman–Crippen LogP) is 3.58.